The van der Waals surface area contributed by atoms with Gasteiger partial charge in [0.25, 0.3) is 0 Å². The van der Waals surface area contributed by atoms with Crippen LogP contribution < -0.4 is 4.90 Å². The lowest BCUT2D eigenvalue weighted by atomic mass is 10.2. The van der Waals surface area contributed by atoms with E-state index in [-0.39, 0.29) is 6.42 Å². The maximum Gasteiger partial charge on any atom is 0.303 e. The second kappa shape index (κ2) is 6.30. The number of nitrogens with zero attached hydrogens (tertiary/aromatic N) is 4. The van der Waals surface area contributed by atoms with Crippen molar-refractivity contribution in [2.45, 2.75) is 12.8 Å². The minimum Gasteiger partial charge on any atom is -0.481 e. The van der Waals surface area contributed by atoms with Crippen molar-refractivity contribution >= 4 is 11.9 Å². The fourth-order valence-corrected chi connectivity index (χ4v) is 2.08. The third kappa shape index (κ3) is 3.66. The highest BCUT2D eigenvalue weighted by atomic mass is 16.4. The third-order valence-electron chi connectivity index (χ3n) is 3.07. The average molecular weight is 250 g/mol. The molecule has 6 heteroatoms. The van der Waals surface area contributed by atoms with Crippen molar-refractivity contribution in [3.63, 3.8) is 0 Å². The van der Waals surface area contributed by atoms with Crippen LogP contribution in [0, 0.1) is 0 Å². The van der Waals surface area contributed by atoms with Crippen LogP contribution in [0.4, 0.5) is 5.95 Å². The van der Waals surface area contributed by atoms with Gasteiger partial charge in [-0.15, -0.1) is 0 Å². The number of aromatic nitrogens is 2. The van der Waals surface area contributed by atoms with Gasteiger partial charge >= 0.3 is 5.97 Å². The highest BCUT2D eigenvalue weighted by molar-refractivity contribution is 5.66. The molecular formula is C12H18N4O2. The van der Waals surface area contributed by atoms with Gasteiger partial charge in [0.1, 0.15) is 0 Å². The van der Waals surface area contributed by atoms with Crippen molar-refractivity contribution in [3.05, 3.63) is 18.5 Å². The van der Waals surface area contributed by atoms with E-state index in [9.17, 15) is 4.79 Å². The molecule has 1 N–H and O–H groups in total. The molecular weight excluding hydrogens is 232 g/mol. The molecule has 1 aliphatic rings. The molecule has 1 aromatic heterocycles. The van der Waals surface area contributed by atoms with Gasteiger partial charge in [0, 0.05) is 45.0 Å². The Morgan fingerprint density at radius 3 is 2.50 bits per heavy atom. The standard InChI is InChI=1S/C12H18N4O2/c17-11(18)3-1-6-15-7-9-16(10-8-15)12-13-4-2-5-14-12/h2,4-5H,1,3,6-10H2,(H,17,18). The molecule has 1 aromatic rings. The molecule has 0 aliphatic carbocycles. The van der Waals surface area contributed by atoms with Gasteiger partial charge in [-0.25, -0.2) is 9.97 Å². The van der Waals surface area contributed by atoms with Gasteiger partial charge in [0.15, 0.2) is 0 Å². The highest BCUT2D eigenvalue weighted by Gasteiger charge is 2.18. The summed E-state index contributed by atoms with van der Waals surface area (Å²) in [4.78, 5) is 23.4. The molecule has 0 unspecified atom stereocenters. The Bertz CT molecular complexity index is 377. The zero-order chi connectivity index (χ0) is 12.8. The molecule has 0 aromatic carbocycles. The van der Waals surface area contributed by atoms with Crippen molar-refractivity contribution in [1.29, 1.82) is 0 Å². The number of rotatable bonds is 5. The Labute approximate surface area is 106 Å². The van der Waals surface area contributed by atoms with Gasteiger partial charge in [-0.05, 0) is 19.0 Å². The summed E-state index contributed by atoms with van der Waals surface area (Å²) in [6.07, 6.45) is 4.47. The van der Waals surface area contributed by atoms with E-state index in [4.69, 9.17) is 5.11 Å². The molecule has 0 amide bonds. The Balaban J connectivity index is 1.73. The van der Waals surface area contributed by atoms with Crippen molar-refractivity contribution in [2.24, 2.45) is 0 Å². The summed E-state index contributed by atoms with van der Waals surface area (Å²) < 4.78 is 0. The van der Waals surface area contributed by atoms with E-state index in [2.05, 4.69) is 19.8 Å². The number of aliphatic carboxylic acids is 1. The van der Waals surface area contributed by atoms with Gasteiger partial charge < -0.3 is 10.0 Å². The molecule has 0 saturated carbocycles. The van der Waals surface area contributed by atoms with Gasteiger partial charge in [-0.3, -0.25) is 9.69 Å². The molecule has 0 radical (unpaired) electrons. The molecule has 2 heterocycles. The van der Waals surface area contributed by atoms with Crippen molar-refractivity contribution in [2.75, 3.05) is 37.6 Å². The quantitative estimate of drug-likeness (QED) is 0.819. The Hall–Kier alpha value is -1.69. The minimum absolute atomic E-state index is 0.252. The monoisotopic (exact) mass is 250 g/mol. The summed E-state index contributed by atoms with van der Waals surface area (Å²) in [5.41, 5.74) is 0. The van der Waals surface area contributed by atoms with Crippen LogP contribution in [-0.2, 0) is 4.79 Å². The van der Waals surface area contributed by atoms with Crippen LogP contribution in [-0.4, -0.2) is 58.7 Å². The zero-order valence-electron chi connectivity index (χ0n) is 10.3. The summed E-state index contributed by atoms with van der Waals surface area (Å²) in [5.74, 6) is 0.0639. The number of anilines is 1. The van der Waals surface area contributed by atoms with Crippen LogP contribution in [0.1, 0.15) is 12.8 Å². The molecule has 98 valence electrons. The highest BCUT2D eigenvalue weighted by Crippen LogP contribution is 2.10. The van der Waals surface area contributed by atoms with E-state index in [1.807, 2.05) is 6.07 Å². The lowest BCUT2D eigenvalue weighted by Gasteiger charge is -2.34. The number of piperazine rings is 1. The first-order valence-corrected chi connectivity index (χ1v) is 6.22. The van der Waals surface area contributed by atoms with Crippen molar-refractivity contribution < 1.29 is 9.90 Å². The molecule has 0 atom stereocenters. The van der Waals surface area contributed by atoms with E-state index >= 15 is 0 Å². The summed E-state index contributed by atoms with van der Waals surface area (Å²) >= 11 is 0. The molecule has 1 fully saturated rings. The summed E-state index contributed by atoms with van der Waals surface area (Å²) in [6.45, 7) is 4.54. The molecule has 2 rings (SSSR count). The predicted octanol–water partition coefficient (Wildman–Crippen LogP) is 0.463. The summed E-state index contributed by atoms with van der Waals surface area (Å²) in [7, 11) is 0. The van der Waals surface area contributed by atoms with E-state index in [0.717, 1.165) is 45.1 Å². The smallest absolute Gasteiger partial charge is 0.303 e. The third-order valence-corrected chi connectivity index (χ3v) is 3.07. The maximum absolute atomic E-state index is 10.4. The fourth-order valence-electron chi connectivity index (χ4n) is 2.08. The van der Waals surface area contributed by atoms with Crippen LogP contribution in [0.3, 0.4) is 0 Å². The van der Waals surface area contributed by atoms with Crippen LogP contribution in [0.15, 0.2) is 18.5 Å². The van der Waals surface area contributed by atoms with Gasteiger partial charge in [-0.2, -0.15) is 0 Å². The summed E-state index contributed by atoms with van der Waals surface area (Å²) in [6, 6.07) is 1.81. The normalized spacial score (nSPS) is 16.8. The Morgan fingerprint density at radius 1 is 1.22 bits per heavy atom. The number of hydrogen-bond donors (Lipinski definition) is 1. The second-order valence-electron chi connectivity index (χ2n) is 4.37. The lowest BCUT2D eigenvalue weighted by molar-refractivity contribution is -0.137. The van der Waals surface area contributed by atoms with Crippen LogP contribution in [0.5, 0.6) is 0 Å². The molecule has 6 nitrogen and oxygen atoms in total. The Morgan fingerprint density at radius 2 is 1.89 bits per heavy atom. The number of carboxylic acid groups (broad SMARTS) is 1. The SMILES string of the molecule is O=C(O)CCCN1CCN(c2ncccn2)CC1. The van der Waals surface area contributed by atoms with Gasteiger partial charge in [0.2, 0.25) is 5.95 Å². The van der Waals surface area contributed by atoms with E-state index in [1.165, 1.54) is 0 Å². The molecule has 0 bridgehead atoms. The van der Waals surface area contributed by atoms with Gasteiger partial charge in [0.05, 0.1) is 0 Å². The van der Waals surface area contributed by atoms with Gasteiger partial charge in [-0.1, -0.05) is 0 Å². The molecule has 0 spiro atoms. The molecule has 18 heavy (non-hydrogen) atoms. The van der Waals surface area contributed by atoms with Crippen LogP contribution in [0.2, 0.25) is 0 Å². The van der Waals surface area contributed by atoms with Crippen LogP contribution in [0.25, 0.3) is 0 Å². The maximum atomic E-state index is 10.4. The van der Waals surface area contributed by atoms with E-state index < -0.39 is 5.97 Å². The van der Waals surface area contributed by atoms with Crippen LogP contribution >= 0.6 is 0 Å². The second-order valence-corrected chi connectivity index (χ2v) is 4.37. The first-order chi connectivity index (χ1) is 8.75. The lowest BCUT2D eigenvalue weighted by Crippen LogP contribution is -2.47. The largest absolute Gasteiger partial charge is 0.481 e. The number of hydrogen-bond acceptors (Lipinski definition) is 5. The summed E-state index contributed by atoms with van der Waals surface area (Å²) in [5, 5.41) is 8.59. The predicted molar refractivity (Wildman–Crippen MR) is 67.6 cm³/mol. The Kier molecular flexibility index (Phi) is 4.46. The fraction of sp³-hybridized carbons (Fsp3) is 0.583. The number of carbonyl (C=O) groups is 1. The average Bonchev–Trinajstić information content (AvgIpc) is 2.40. The number of carboxylic acids is 1. The van der Waals surface area contributed by atoms with Crippen molar-refractivity contribution in [1.82, 2.24) is 14.9 Å². The molecule has 1 saturated heterocycles. The zero-order valence-corrected chi connectivity index (χ0v) is 10.3. The first-order valence-electron chi connectivity index (χ1n) is 6.22. The van der Waals surface area contributed by atoms with E-state index in [0.29, 0.717) is 0 Å². The molecule has 1 aliphatic heterocycles. The topological polar surface area (TPSA) is 69.6 Å². The first kappa shape index (κ1) is 12.8. The van der Waals surface area contributed by atoms with Crippen molar-refractivity contribution in [3.8, 4) is 0 Å². The van der Waals surface area contributed by atoms with E-state index in [1.54, 1.807) is 12.4 Å². The minimum atomic E-state index is -0.716.